The molecule has 1 aromatic rings. The summed E-state index contributed by atoms with van der Waals surface area (Å²) in [6.07, 6.45) is -5.92. The van der Waals surface area contributed by atoms with Gasteiger partial charge in [0, 0.05) is 10.6 Å². The van der Waals surface area contributed by atoms with Crippen LogP contribution >= 0.6 is 11.6 Å². The number of aromatic hydroxyl groups is 1. The first-order valence-corrected chi connectivity index (χ1v) is 4.86. The van der Waals surface area contributed by atoms with Crippen molar-refractivity contribution in [1.29, 1.82) is 0 Å². The van der Waals surface area contributed by atoms with Gasteiger partial charge in [-0.3, -0.25) is 4.79 Å². The molecule has 0 aliphatic carbocycles. The van der Waals surface area contributed by atoms with Crippen LogP contribution < -0.4 is 0 Å². The Morgan fingerprint density at radius 3 is 2.47 bits per heavy atom. The van der Waals surface area contributed by atoms with Crippen LogP contribution in [0.25, 0.3) is 0 Å². The summed E-state index contributed by atoms with van der Waals surface area (Å²) in [4.78, 5) is 10.4. The fourth-order valence-corrected chi connectivity index (χ4v) is 1.56. The molecule has 0 aliphatic rings. The van der Waals surface area contributed by atoms with Gasteiger partial charge in [-0.2, -0.15) is 13.2 Å². The van der Waals surface area contributed by atoms with Crippen LogP contribution in [0.1, 0.15) is 17.9 Å². The molecule has 0 radical (unpaired) electrons. The number of phenols is 1. The molecule has 2 N–H and O–H groups in total. The third kappa shape index (κ3) is 3.52. The van der Waals surface area contributed by atoms with Gasteiger partial charge >= 0.3 is 12.1 Å². The Morgan fingerprint density at radius 1 is 1.41 bits per heavy atom. The van der Waals surface area contributed by atoms with Crippen molar-refractivity contribution < 1.29 is 28.2 Å². The Morgan fingerprint density at radius 2 is 2.00 bits per heavy atom. The Kier molecular flexibility index (Phi) is 3.87. The van der Waals surface area contributed by atoms with E-state index in [4.69, 9.17) is 16.7 Å². The van der Waals surface area contributed by atoms with Gasteiger partial charge in [0.05, 0.1) is 12.3 Å². The summed E-state index contributed by atoms with van der Waals surface area (Å²) in [6.45, 7) is 0. The van der Waals surface area contributed by atoms with Crippen molar-refractivity contribution in [3.8, 4) is 5.75 Å². The maximum absolute atomic E-state index is 12.7. The summed E-state index contributed by atoms with van der Waals surface area (Å²) in [6, 6.07) is 3.13. The van der Waals surface area contributed by atoms with Gasteiger partial charge < -0.3 is 10.2 Å². The molecule has 0 amide bonds. The summed E-state index contributed by atoms with van der Waals surface area (Å²) in [5.74, 6) is -4.51. The fraction of sp³-hybridized carbons (Fsp3) is 0.300. The summed E-state index contributed by atoms with van der Waals surface area (Å²) in [5, 5.41) is 17.8. The quantitative estimate of drug-likeness (QED) is 0.885. The number of hydrogen-bond donors (Lipinski definition) is 2. The molecule has 1 atom stereocenters. The Hall–Kier alpha value is -1.43. The molecule has 0 heterocycles. The largest absolute Gasteiger partial charge is 0.508 e. The lowest BCUT2D eigenvalue weighted by molar-refractivity contribution is -0.163. The van der Waals surface area contributed by atoms with Crippen LogP contribution in [0.2, 0.25) is 5.02 Å². The summed E-state index contributed by atoms with van der Waals surface area (Å²) in [7, 11) is 0. The molecule has 1 unspecified atom stereocenters. The fourth-order valence-electron chi connectivity index (χ4n) is 1.38. The number of phenolic OH excluding ortho intramolecular Hbond substituents is 1. The lowest BCUT2D eigenvalue weighted by atomic mass is 9.94. The van der Waals surface area contributed by atoms with E-state index in [2.05, 4.69) is 0 Å². The van der Waals surface area contributed by atoms with E-state index < -0.39 is 35.8 Å². The van der Waals surface area contributed by atoms with Crippen LogP contribution in [-0.2, 0) is 4.79 Å². The van der Waals surface area contributed by atoms with E-state index in [0.717, 1.165) is 12.1 Å². The molecule has 0 aromatic heterocycles. The summed E-state index contributed by atoms with van der Waals surface area (Å²) in [5.41, 5.74) is -0.535. The number of aliphatic carboxylic acids is 1. The van der Waals surface area contributed by atoms with Crippen LogP contribution in [0.5, 0.6) is 5.75 Å². The first-order chi connectivity index (χ1) is 7.71. The van der Waals surface area contributed by atoms with E-state index in [9.17, 15) is 23.1 Å². The van der Waals surface area contributed by atoms with Crippen molar-refractivity contribution in [2.24, 2.45) is 0 Å². The molecule has 0 saturated carbocycles. The molecule has 0 spiro atoms. The molecule has 3 nitrogen and oxygen atoms in total. The Balaban J connectivity index is 3.21. The average molecular weight is 269 g/mol. The van der Waals surface area contributed by atoms with Crippen LogP contribution in [0, 0.1) is 0 Å². The second kappa shape index (κ2) is 4.83. The van der Waals surface area contributed by atoms with Gasteiger partial charge in [0.1, 0.15) is 5.75 Å². The number of halogens is 4. The highest BCUT2D eigenvalue weighted by Crippen LogP contribution is 2.41. The second-order valence-corrected chi connectivity index (χ2v) is 3.83. The van der Waals surface area contributed by atoms with Gasteiger partial charge in [0.15, 0.2) is 0 Å². The number of carbonyl (C=O) groups is 1. The van der Waals surface area contributed by atoms with Crippen LogP contribution in [0.3, 0.4) is 0 Å². The maximum atomic E-state index is 12.7. The van der Waals surface area contributed by atoms with Gasteiger partial charge in [-0.1, -0.05) is 11.6 Å². The molecule has 1 aromatic carbocycles. The predicted octanol–water partition coefficient (Wildman–Crippen LogP) is 3.17. The average Bonchev–Trinajstić information content (AvgIpc) is 2.16. The Labute approximate surface area is 99.4 Å². The lowest BCUT2D eigenvalue weighted by Crippen LogP contribution is -2.23. The minimum atomic E-state index is -4.76. The van der Waals surface area contributed by atoms with Gasteiger partial charge in [0.25, 0.3) is 0 Å². The molecule has 7 heteroatoms. The molecular formula is C10H8ClF3O3. The number of benzene rings is 1. The first-order valence-electron chi connectivity index (χ1n) is 4.48. The van der Waals surface area contributed by atoms with Crippen LogP contribution in [0.15, 0.2) is 18.2 Å². The predicted molar refractivity (Wildman–Crippen MR) is 54.2 cm³/mol. The Bertz CT molecular complexity index is 431. The van der Waals surface area contributed by atoms with Crippen molar-refractivity contribution in [3.05, 3.63) is 28.8 Å². The third-order valence-corrected chi connectivity index (χ3v) is 2.37. The summed E-state index contributed by atoms with van der Waals surface area (Å²) >= 11 is 5.52. The van der Waals surface area contributed by atoms with Crippen molar-refractivity contribution in [3.63, 3.8) is 0 Å². The number of carboxylic acids is 1. The van der Waals surface area contributed by atoms with Crippen molar-refractivity contribution >= 4 is 17.6 Å². The highest BCUT2D eigenvalue weighted by atomic mass is 35.5. The van der Waals surface area contributed by atoms with Gasteiger partial charge in [-0.25, -0.2) is 0 Å². The summed E-state index contributed by atoms with van der Waals surface area (Å²) < 4.78 is 38.0. The van der Waals surface area contributed by atoms with Gasteiger partial charge in [-0.05, 0) is 18.2 Å². The SMILES string of the molecule is O=C(O)CC(c1cc(Cl)ccc1O)C(F)(F)F. The van der Waals surface area contributed by atoms with Gasteiger partial charge in [0.2, 0.25) is 0 Å². The molecule has 0 aliphatic heterocycles. The molecule has 17 heavy (non-hydrogen) atoms. The van der Waals surface area contributed by atoms with Gasteiger partial charge in [-0.15, -0.1) is 0 Å². The smallest absolute Gasteiger partial charge is 0.396 e. The highest BCUT2D eigenvalue weighted by Gasteiger charge is 2.43. The van der Waals surface area contributed by atoms with Crippen molar-refractivity contribution in [1.82, 2.24) is 0 Å². The van der Waals surface area contributed by atoms with E-state index in [-0.39, 0.29) is 5.02 Å². The number of hydrogen-bond acceptors (Lipinski definition) is 2. The number of alkyl halides is 3. The van der Waals surface area contributed by atoms with Crippen LogP contribution in [0.4, 0.5) is 13.2 Å². The number of carboxylic acid groups (broad SMARTS) is 1. The van der Waals surface area contributed by atoms with E-state index in [1.165, 1.54) is 6.07 Å². The molecule has 0 fully saturated rings. The lowest BCUT2D eigenvalue weighted by Gasteiger charge is -2.20. The molecular weight excluding hydrogens is 261 g/mol. The zero-order valence-corrected chi connectivity index (χ0v) is 9.09. The minimum absolute atomic E-state index is 0.00237. The standard InChI is InChI=1S/C10H8ClF3O3/c11-5-1-2-8(15)6(3-5)7(4-9(16)17)10(12,13)14/h1-3,7,15H,4H2,(H,16,17). The normalized spacial score (nSPS) is 13.4. The van der Waals surface area contributed by atoms with E-state index in [1.807, 2.05) is 0 Å². The zero-order chi connectivity index (χ0) is 13.2. The topological polar surface area (TPSA) is 57.5 Å². The molecule has 1 rings (SSSR count). The maximum Gasteiger partial charge on any atom is 0.396 e. The number of rotatable bonds is 3. The molecule has 0 bridgehead atoms. The monoisotopic (exact) mass is 268 g/mol. The van der Waals surface area contributed by atoms with Crippen LogP contribution in [-0.4, -0.2) is 22.4 Å². The highest BCUT2D eigenvalue weighted by molar-refractivity contribution is 6.30. The second-order valence-electron chi connectivity index (χ2n) is 3.40. The van der Waals surface area contributed by atoms with Crippen molar-refractivity contribution in [2.45, 2.75) is 18.5 Å². The molecule has 94 valence electrons. The van der Waals surface area contributed by atoms with Crippen molar-refractivity contribution in [2.75, 3.05) is 0 Å². The third-order valence-electron chi connectivity index (χ3n) is 2.14. The van der Waals surface area contributed by atoms with E-state index >= 15 is 0 Å². The van der Waals surface area contributed by atoms with E-state index in [1.54, 1.807) is 0 Å². The molecule has 0 saturated heterocycles. The van der Waals surface area contributed by atoms with E-state index in [0.29, 0.717) is 0 Å². The first kappa shape index (κ1) is 13.6. The zero-order valence-electron chi connectivity index (χ0n) is 8.33. The minimum Gasteiger partial charge on any atom is -0.508 e.